The van der Waals surface area contributed by atoms with Gasteiger partial charge >= 0.3 is 0 Å². The molecule has 0 atom stereocenters. The summed E-state index contributed by atoms with van der Waals surface area (Å²) in [6.45, 7) is 5.67. The number of ether oxygens (including phenoxy) is 2. The SMILES string of the molecule is COCCNC(=O)c1cccc(NC(=O)c2ccccc2OCCC(C)C)c1. The van der Waals surface area contributed by atoms with Crippen LogP contribution in [0.1, 0.15) is 41.0 Å². The van der Waals surface area contributed by atoms with Gasteiger partial charge in [0.15, 0.2) is 0 Å². The van der Waals surface area contributed by atoms with Gasteiger partial charge in [0, 0.05) is 24.9 Å². The van der Waals surface area contributed by atoms with Gasteiger partial charge in [-0.2, -0.15) is 0 Å². The molecule has 0 saturated heterocycles. The van der Waals surface area contributed by atoms with E-state index in [1.54, 1.807) is 49.6 Å². The van der Waals surface area contributed by atoms with Crippen LogP contribution in [0.3, 0.4) is 0 Å². The summed E-state index contributed by atoms with van der Waals surface area (Å²) in [7, 11) is 1.58. The minimum atomic E-state index is -0.280. The molecule has 0 bridgehead atoms. The molecule has 2 amide bonds. The van der Waals surface area contributed by atoms with Gasteiger partial charge in [-0.3, -0.25) is 9.59 Å². The highest BCUT2D eigenvalue weighted by Gasteiger charge is 2.13. The highest BCUT2D eigenvalue weighted by Crippen LogP contribution is 2.21. The van der Waals surface area contributed by atoms with E-state index in [1.165, 1.54) is 0 Å². The summed E-state index contributed by atoms with van der Waals surface area (Å²) in [4.78, 5) is 24.9. The number of carbonyl (C=O) groups is 2. The van der Waals surface area contributed by atoms with Gasteiger partial charge in [-0.25, -0.2) is 0 Å². The van der Waals surface area contributed by atoms with E-state index in [9.17, 15) is 9.59 Å². The van der Waals surface area contributed by atoms with Crippen molar-refractivity contribution in [2.45, 2.75) is 20.3 Å². The average Bonchev–Trinajstić information content (AvgIpc) is 2.68. The van der Waals surface area contributed by atoms with E-state index in [1.807, 2.05) is 6.07 Å². The molecule has 0 unspecified atom stereocenters. The van der Waals surface area contributed by atoms with E-state index in [4.69, 9.17) is 9.47 Å². The molecular weight excluding hydrogens is 356 g/mol. The van der Waals surface area contributed by atoms with E-state index in [2.05, 4.69) is 24.5 Å². The topological polar surface area (TPSA) is 76.7 Å². The third kappa shape index (κ3) is 6.70. The van der Waals surface area contributed by atoms with Crippen molar-refractivity contribution in [2.75, 3.05) is 32.2 Å². The minimum absolute atomic E-state index is 0.217. The Morgan fingerprint density at radius 1 is 1.00 bits per heavy atom. The number of nitrogens with one attached hydrogen (secondary N) is 2. The fraction of sp³-hybridized carbons (Fsp3) is 0.364. The maximum atomic E-state index is 12.7. The van der Waals surface area contributed by atoms with Crippen LogP contribution in [0.4, 0.5) is 5.69 Å². The first-order valence-electron chi connectivity index (χ1n) is 9.41. The molecule has 0 aromatic heterocycles. The van der Waals surface area contributed by atoms with Crippen LogP contribution in [0.15, 0.2) is 48.5 Å². The smallest absolute Gasteiger partial charge is 0.259 e. The fourth-order valence-corrected chi connectivity index (χ4v) is 2.49. The minimum Gasteiger partial charge on any atom is -0.493 e. The summed E-state index contributed by atoms with van der Waals surface area (Å²) in [6.07, 6.45) is 0.913. The van der Waals surface area contributed by atoms with Gasteiger partial charge in [-0.1, -0.05) is 32.0 Å². The van der Waals surface area contributed by atoms with Crippen molar-refractivity contribution in [3.8, 4) is 5.75 Å². The standard InChI is InChI=1S/C22H28N2O4/c1-16(2)11-13-28-20-10-5-4-9-19(20)22(26)24-18-8-6-7-17(15-18)21(25)23-12-14-27-3/h4-10,15-16H,11-14H2,1-3H3,(H,23,25)(H,24,26). The quantitative estimate of drug-likeness (QED) is 0.612. The number of anilines is 1. The lowest BCUT2D eigenvalue weighted by Gasteiger charge is -2.13. The van der Waals surface area contributed by atoms with Crippen LogP contribution in [0.2, 0.25) is 0 Å². The number of rotatable bonds is 10. The second kappa shape index (κ2) is 11.1. The number of para-hydroxylation sites is 1. The second-order valence-corrected chi connectivity index (χ2v) is 6.81. The Kier molecular flexibility index (Phi) is 8.49. The van der Waals surface area contributed by atoms with Gasteiger partial charge in [0.1, 0.15) is 5.75 Å². The number of amides is 2. The van der Waals surface area contributed by atoms with Crippen molar-refractivity contribution in [3.05, 3.63) is 59.7 Å². The lowest BCUT2D eigenvalue weighted by Crippen LogP contribution is -2.27. The van der Waals surface area contributed by atoms with Crippen LogP contribution in [-0.4, -0.2) is 38.7 Å². The molecular formula is C22H28N2O4. The Labute approximate surface area is 166 Å². The molecule has 0 radical (unpaired) electrons. The van der Waals surface area contributed by atoms with Crippen molar-refractivity contribution in [2.24, 2.45) is 5.92 Å². The van der Waals surface area contributed by atoms with E-state index < -0.39 is 0 Å². The zero-order chi connectivity index (χ0) is 20.4. The van der Waals surface area contributed by atoms with Crippen LogP contribution in [-0.2, 0) is 4.74 Å². The van der Waals surface area contributed by atoms with Crippen molar-refractivity contribution in [3.63, 3.8) is 0 Å². The number of hydrogen-bond donors (Lipinski definition) is 2. The molecule has 2 aromatic rings. The number of hydrogen-bond acceptors (Lipinski definition) is 4. The first-order valence-corrected chi connectivity index (χ1v) is 9.41. The average molecular weight is 384 g/mol. The molecule has 0 heterocycles. The number of carbonyl (C=O) groups excluding carboxylic acids is 2. The third-order valence-corrected chi connectivity index (χ3v) is 4.06. The highest BCUT2D eigenvalue weighted by molar-refractivity contribution is 6.06. The summed E-state index contributed by atoms with van der Waals surface area (Å²) in [5, 5.41) is 5.59. The Morgan fingerprint density at radius 3 is 2.54 bits per heavy atom. The molecule has 6 nitrogen and oxygen atoms in total. The third-order valence-electron chi connectivity index (χ3n) is 4.06. The van der Waals surface area contributed by atoms with Gasteiger partial charge in [0.2, 0.25) is 0 Å². The molecule has 28 heavy (non-hydrogen) atoms. The predicted octanol–water partition coefficient (Wildman–Crippen LogP) is 3.74. The van der Waals surface area contributed by atoms with Crippen LogP contribution >= 0.6 is 0 Å². The molecule has 150 valence electrons. The lowest BCUT2D eigenvalue weighted by atomic mass is 10.1. The Morgan fingerprint density at radius 2 is 1.79 bits per heavy atom. The van der Waals surface area contributed by atoms with Crippen molar-refractivity contribution in [1.82, 2.24) is 5.32 Å². The first kappa shape index (κ1) is 21.4. The maximum Gasteiger partial charge on any atom is 0.259 e. The van der Waals surface area contributed by atoms with Crippen LogP contribution in [0.25, 0.3) is 0 Å². The summed E-state index contributed by atoms with van der Waals surface area (Å²) in [6, 6.07) is 14.0. The van der Waals surface area contributed by atoms with Gasteiger partial charge < -0.3 is 20.1 Å². The Hall–Kier alpha value is -2.86. The summed E-state index contributed by atoms with van der Waals surface area (Å²) in [5.41, 5.74) is 1.47. The first-order chi connectivity index (χ1) is 13.5. The predicted molar refractivity (Wildman–Crippen MR) is 110 cm³/mol. The number of methoxy groups -OCH3 is 1. The molecule has 0 spiro atoms. The fourth-order valence-electron chi connectivity index (χ4n) is 2.49. The number of benzene rings is 2. The lowest BCUT2D eigenvalue weighted by molar-refractivity contribution is 0.0936. The monoisotopic (exact) mass is 384 g/mol. The molecule has 6 heteroatoms. The van der Waals surface area contributed by atoms with Crippen molar-refractivity contribution < 1.29 is 19.1 Å². The molecule has 2 N–H and O–H groups in total. The molecule has 0 saturated carbocycles. The van der Waals surface area contributed by atoms with Gasteiger partial charge in [-0.15, -0.1) is 0 Å². The van der Waals surface area contributed by atoms with Crippen molar-refractivity contribution in [1.29, 1.82) is 0 Å². The van der Waals surface area contributed by atoms with Gasteiger partial charge in [-0.05, 0) is 42.7 Å². The second-order valence-electron chi connectivity index (χ2n) is 6.81. The van der Waals surface area contributed by atoms with E-state index in [0.717, 1.165) is 6.42 Å². The van der Waals surface area contributed by atoms with Crippen LogP contribution in [0.5, 0.6) is 5.75 Å². The Balaban J connectivity index is 2.05. The highest BCUT2D eigenvalue weighted by atomic mass is 16.5. The normalized spacial score (nSPS) is 10.6. The molecule has 2 rings (SSSR count). The van der Waals surface area contributed by atoms with E-state index in [-0.39, 0.29) is 11.8 Å². The largest absolute Gasteiger partial charge is 0.493 e. The molecule has 0 aliphatic heterocycles. The summed E-state index contributed by atoms with van der Waals surface area (Å²) >= 11 is 0. The summed E-state index contributed by atoms with van der Waals surface area (Å²) < 4.78 is 10.7. The van der Waals surface area contributed by atoms with Gasteiger partial charge in [0.05, 0.1) is 18.8 Å². The zero-order valence-electron chi connectivity index (χ0n) is 16.7. The van der Waals surface area contributed by atoms with Crippen molar-refractivity contribution >= 4 is 17.5 Å². The molecule has 0 aliphatic carbocycles. The van der Waals surface area contributed by atoms with Crippen LogP contribution < -0.4 is 15.4 Å². The van der Waals surface area contributed by atoms with Crippen LogP contribution in [0, 0.1) is 5.92 Å². The maximum absolute atomic E-state index is 12.7. The molecule has 0 aliphatic rings. The molecule has 0 fully saturated rings. The Bertz CT molecular complexity index is 790. The summed E-state index contributed by atoms with van der Waals surface area (Å²) in [5.74, 6) is 0.579. The zero-order valence-corrected chi connectivity index (χ0v) is 16.7. The van der Waals surface area contributed by atoms with E-state index in [0.29, 0.717) is 48.2 Å². The molecule has 2 aromatic carbocycles. The van der Waals surface area contributed by atoms with E-state index >= 15 is 0 Å². The van der Waals surface area contributed by atoms with Gasteiger partial charge in [0.25, 0.3) is 11.8 Å².